The van der Waals surface area contributed by atoms with Crippen LogP contribution in [0.15, 0.2) is 36.5 Å². The largest absolute Gasteiger partial charge is 0.505 e. The molecule has 9 heteroatoms. The highest BCUT2D eigenvalue weighted by Crippen LogP contribution is 2.54. The fourth-order valence-corrected chi connectivity index (χ4v) is 4.22. The van der Waals surface area contributed by atoms with Gasteiger partial charge in [-0.15, -0.1) is 0 Å². The number of aromatic hydroxyl groups is 1. The molecule has 0 saturated heterocycles. The first-order chi connectivity index (χ1) is 14.0. The second kappa shape index (κ2) is 6.80. The topological polar surface area (TPSA) is 78.3 Å². The molecule has 1 aliphatic rings. The molecule has 0 unspecified atom stereocenters. The zero-order valence-electron chi connectivity index (χ0n) is 16.1. The molecule has 1 aliphatic carbocycles. The number of alkyl halides is 3. The number of rotatable bonds is 2. The van der Waals surface area contributed by atoms with Gasteiger partial charge in [-0.1, -0.05) is 19.1 Å². The average Bonchev–Trinajstić information content (AvgIpc) is 2.66. The van der Waals surface area contributed by atoms with E-state index in [0.717, 1.165) is 6.07 Å². The number of anilines is 1. The zero-order chi connectivity index (χ0) is 21.8. The minimum atomic E-state index is -4.97. The number of phenolic OH excluding ortho intramolecular Hbond substituents is 1. The number of halogens is 4. The Morgan fingerprint density at radius 2 is 1.93 bits per heavy atom. The molecule has 0 fully saturated rings. The van der Waals surface area contributed by atoms with Crippen molar-refractivity contribution in [3.05, 3.63) is 59.3 Å². The Hall–Kier alpha value is -2.94. The third kappa shape index (κ3) is 3.04. The molecular formula is C21H19F4N3O2. The lowest BCUT2D eigenvalue weighted by atomic mass is 9.70. The molecule has 0 bridgehead atoms. The quantitative estimate of drug-likeness (QED) is 0.521. The van der Waals surface area contributed by atoms with Crippen molar-refractivity contribution in [2.75, 3.05) is 5.32 Å². The molecule has 0 aliphatic heterocycles. The number of hydrogen-bond acceptors (Lipinski definition) is 5. The lowest BCUT2D eigenvalue weighted by Gasteiger charge is -2.45. The molecular weight excluding hydrogens is 402 g/mol. The lowest BCUT2D eigenvalue weighted by molar-refractivity contribution is -0.272. The zero-order valence-corrected chi connectivity index (χ0v) is 16.1. The Kier molecular flexibility index (Phi) is 4.61. The molecule has 3 aromatic rings. The Bertz CT molecular complexity index is 1140. The number of aliphatic hydroxyl groups is 1. The van der Waals surface area contributed by atoms with E-state index in [-0.39, 0.29) is 16.8 Å². The number of phenols is 1. The monoisotopic (exact) mass is 421 g/mol. The van der Waals surface area contributed by atoms with Crippen LogP contribution in [-0.4, -0.2) is 32.0 Å². The molecule has 0 saturated carbocycles. The van der Waals surface area contributed by atoms with Gasteiger partial charge >= 0.3 is 6.18 Å². The Labute approximate surface area is 169 Å². The maximum absolute atomic E-state index is 14.0. The molecule has 3 atom stereocenters. The van der Waals surface area contributed by atoms with Crippen LogP contribution in [0, 0.1) is 12.7 Å². The standard InChI is InChI=1S/C21H19F4N3O2/c1-10-8-20(30,21(23,24)25)19(12-6-7-14(22)18(29)17(10)12)28-16-5-3-4-15-13(16)9-26-11(2)27-15/h3-7,9-10,19,28-30H,8H2,1-2H3/t10-,19+,20-/m1/s1. The molecule has 0 amide bonds. The fourth-order valence-electron chi connectivity index (χ4n) is 4.22. The number of nitrogens with one attached hydrogen (secondary N) is 1. The molecule has 2 aromatic carbocycles. The first-order valence-corrected chi connectivity index (χ1v) is 9.32. The van der Waals surface area contributed by atoms with Gasteiger partial charge in [-0.2, -0.15) is 13.2 Å². The van der Waals surface area contributed by atoms with E-state index >= 15 is 0 Å². The van der Waals surface area contributed by atoms with Crippen molar-refractivity contribution in [3.63, 3.8) is 0 Å². The van der Waals surface area contributed by atoms with Crippen molar-refractivity contribution in [2.45, 2.75) is 44.0 Å². The van der Waals surface area contributed by atoms with E-state index in [1.54, 1.807) is 25.1 Å². The van der Waals surface area contributed by atoms with Crippen LogP contribution in [0.3, 0.4) is 0 Å². The summed E-state index contributed by atoms with van der Waals surface area (Å²) in [5.41, 5.74) is -2.30. The second-order valence-electron chi connectivity index (χ2n) is 7.66. The number of benzene rings is 2. The lowest BCUT2D eigenvalue weighted by Crippen LogP contribution is -2.55. The van der Waals surface area contributed by atoms with Crippen LogP contribution < -0.4 is 5.32 Å². The molecule has 0 radical (unpaired) electrons. The SMILES string of the molecule is Cc1ncc2c(N[C@H]3c4ccc(F)c(O)c4[C@H](C)C[C@]3(O)C(F)(F)F)cccc2n1. The summed E-state index contributed by atoms with van der Waals surface area (Å²) in [5, 5.41) is 24.3. The Balaban J connectivity index is 1.92. The van der Waals surface area contributed by atoms with Crippen molar-refractivity contribution < 1.29 is 27.8 Å². The van der Waals surface area contributed by atoms with E-state index in [0.29, 0.717) is 16.7 Å². The number of aryl methyl sites for hydroxylation is 1. The third-order valence-corrected chi connectivity index (χ3v) is 5.64. The molecule has 158 valence electrons. The van der Waals surface area contributed by atoms with Gasteiger partial charge in [0, 0.05) is 22.8 Å². The van der Waals surface area contributed by atoms with Gasteiger partial charge in [0.2, 0.25) is 0 Å². The molecule has 3 N–H and O–H groups in total. The van der Waals surface area contributed by atoms with E-state index < -0.39 is 41.7 Å². The smallest absolute Gasteiger partial charge is 0.419 e. The van der Waals surface area contributed by atoms with E-state index in [4.69, 9.17) is 0 Å². The normalized spacial score (nSPS) is 24.0. The highest BCUT2D eigenvalue weighted by Gasteiger charge is 2.62. The third-order valence-electron chi connectivity index (χ3n) is 5.64. The summed E-state index contributed by atoms with van der Waals surface area (Å²) in [7, 11) is 0. The van der Waals surface area contributed by atoms with Crippen LogP contribution >= 0.6 is 0 Å². The summed E-state index contributed by atoms with van der Waals surface area (Å²) in [6, 6.07) is 5.26. The molecule has 30 heavy (non-hydrogen) atoms. The molecule has 4 rings (SSSR count). The van der Waals surface area contributed by atoms with Gasteiger partial charge in [0.15, 0.2) is 17.2 Å². The van der Waals surface area contributed by atoms with E-state index in [2.05, 4.69) is 15.3 Å². The summed E-state index contributed by atoms with van der Waals surface area (Å²) >= 11 is 0. The van der Waals surface area contributed by atoms with Crippen LogP contribution in [0.25, 0.3) is 10.9 Å². The van der Waals surface area contributed by atoms with Crippen molar-refractivity contribution in [1.29, 1.82) is 0 Å². The maximum Gasteiger partial charge on any atom is 0.419 e. The van der Waals surface area contributed by atoms with Gasteiger partial charge < -0.3 is 15.5 Å². The van der Waals surface area contributed by atoms with Gasteiger partial charge in [-0.3, -0.25) is 0 Å². The van der Waals surface area contributed by atoms with Crippen LogP contribution in [0.2, 0.25) is 0 Å². The van der Waals surface area contributed by atoms with Crippen molar-refractivity contribution in [1.82, 2.24) is 9.97 Å². The summed E-state index contributed by atoms with van der Waals surface area (Å²) in [5.74, 6) is -2.04. The van der Waals surface area contributed by atoms with Crippen LogP contribution in [0.1, 0.15) is 42.3 Å². The minimum Gasteiger partial charge on any atom is -0.505 e. The number of hydrogen-bond donors (Lipinski definition) is 3. The maximum atomic E-state index is 14.0. The summed E-state index contributed by atoms with van der Waals surface area (Å²) in [6.07, 6.45) is -4.22. The van der Waals surface area contributed by atoms with Crippen LogP contribution in [-0.2, 0) is 0 Å². The number of fused-ring (bicyclic) bond motifs is 2. The van der Waals surface area contributed by atoms with Gasteiger partial charge in [0.25, 0.3) is 0 Å². The molecule has 1 heterocycles. The summed E-state index contributed by atoms with van der Waals surface area (Å²) in [6.45, 7) is 3.11. The first-order valence-electron chi connectivity index (χ1n) is 9.32. The fraction of sp³-hybridized carbons (Fsp3) is 0.333. The van der Waals surface area contributed by atoms with Gasteiger partial charge in [0.1, 0.15) is 5.82 Å². The summed E-state index contributed by atoms with van der Waals surface area (Å²) < 4.78 is 56.1. The van der Waals surface area contributed by atoms with Crippen molar-refractivity contribution in [3.8, 4) is 5.75 Å². The van der Waals surface area contributed by atoms with Gasteiger partial charge in [-0.05, 0) is 43.0 Å². The Morgan fingerprint density at radius 1 is 1.20 bits per heavy atom. The molecule has 0 spiro atoms. The number of nitrogens with zero attached hydrogens (tertiary/aromatic N) is 2. The van der Waals surface area contributed by atoms with E-state index in [1.165, 1.54) is 19.2 Å². The van der Waals surface area contributed by atoms with Crippen molar-refractivity contribution >= 4 is 16.6 Å². The predicted molar refractivity (Wildman–Crippen MR) is 103 cm³/mol. The van der Waals surface area contributed by atoms with E-state index in [9.17, 15) is 27.8 Å². The highest BCUT2D eigenvalue weighted by molar-refractivity contribution is 5.91. The van der Waals surface area contributed by atoms with Crippen molar-refractivity contribution in [2.24, 2.45) is 0 Å². The Morgan fingerprint density at radius 3 is 2.63 bits per heavy atom. The number of aromatic nitrogens is 2. The predicted octanol–water partition coefficient (Wildman–Crippen LogP) is 4.74. The highest BCUT2D eigenvalue weighted by atomic mass is 19.4. The molecule has 1 aromatic heterocycles. The van der Waals surface area contributed by atoms with Crippen LogP contribution in [0.4, 0.5) is 23.2 Å². The second-order valence-corrected chi connectivity index (χ2v) is 7.66. The van der Waals surface area contributed by atoms with Crippen LogP contribution in [0.5, 0.6) is 5.75 Å². The van der Waals surface area contributed by atoms with E-state index in [1.807, 2.05) is 0 Å². The van der Waals surface area contributed by atoms with Gasteiger partial charge in [0.05, 0.1) is 11.6 Å². The molecule has 5 nitrogen and oxygen atoms in total. The average molecular weight is 421 g/mol. The van der Waals surface area contributed by atoms with Gasteiger partial charge in [-0.25, -0.2) is 14.4 Å². The minimum absolute atomic E-state index is 0.0162. The summed E-state index contributed by atoms with van der Waals surface area (Å²) in [4.78, 5) is 8.37. The first kappa shape index (κ1) is 20.3.